The first-order valence-corrected chi connectivity index (χ1v) is 13.3. The molecule has 5 aromatic heterocycles. The van der Waals surface area contributed by atoms with Gasteiger partial charge in [-0.05, 0) is 59.7 Å². The van der Waals surface area contributed by atoms with E-state index in [-0.39, 0.29) is 11.7 Å². The molecule has 0 atom stereocenters. The lowest BCUT2D eigenvalue weighted by atomic mass is 10.1. The van der Waals surface area contributed by atoms with Crippen LogP contribution in [0.1, 0.15) is 21.9 Å². The molecule has 0 saturated heterocycles. The molecule has 0 radical (unpaired) electrons. The molecule has 0 fully saturated rings. The van der Waals surface area contributed by atoms with Crippen molar-refractivity contribution in [3.63, 3.8) is 0 Å². The molecule has 2 aromatic carbocycles. The van der Waals surface area contributed by atoms with E-state index < -0.39 is 0 Å². The number of benzene rings is 2. The Bertz CT molecular complexity index is 2010. The van der Waals surface area contributed by atoms with Gasteiger partial charge >= 0.3 is 0 Å². The Balaban J connectivity index is 1.15. The van der Waals surface area contributed by atoms with Crippen molar-refractivity contribution in [3.8, 4) is 28.1 Å². The van der Waals surface area contributed by atoms with Crippen molar-refractivity contribution < 1.29 is 13.6 Å². The van der Waals surface area contributed by atoms with Gasteiger partial charge in [0.1, 0.15) is 11.4 Å². The number of furan rings is 1. The Morgan fingerprint density at radius 1 is 0.902 bits per heavy atom. The molecule has 8 heteroatoms. The largest absolute Gasteiger partial charge is 0.451 e. The average molecular weight is 538 g/mol. The molecule has 0 aliphatic heterocycles. The zero-order valence-electron chi connectivity index (χ0n) is 22.2. The van der Waals surface area contributed by atoms with Crippen molar-refractivity contribution in [1.29, 1.82) is 0 Å². The van der Waals surface area contributed by atoms with E-state index in [2.05, 4.69) is 32.9 Å². The van der Waals surface area contributed by atoms with Gasteiger partial charge in [0.25, 0.3) is 17.4 Å². The van der Waals surface area contributed by atoms with Crippen molar-refractivity contribution >= 4 is 22.5 Å². The standard InChI is InChI=1S/C33H24N6O2/c1-22-37-39(33-28-19-26(24-5-3-2-4-6-24)21-35-29(28)15-18-38(22)33)27-9-7-23(8-10-27)20-36-32(40)31-12-11-30(41-31)25-13-16-34-17-14-25/h2-19,21H,20H2,1H3/p+1. The number of rotatable bonds is 6. The number of aryl methyl sites for hydroxylation is 1. The fourth-order valence-corrected chi connectivity index (χ4v) is 4.97. The first-order chi connectivity index (χ1) is 20.1. The topological polar surface area (TPSA) is 89.9 Å². The zero-order valence-corrected chi connectivity index (χ0v) is 22.2. The first kappa shape index (κ1) is 24.4. The highest BCUT2D eigenvalue weighted by molar-refractivity contribution is 5.93. The molecule has 1 N–H and O–H groups in total. The maximum Gasteiger partial charge on any atom is 0.287 e. The van der Waals surface area contributed by atoms with Crippen LogP contribution in [0.4, 0.5) is 0 Å². The number of pyridine rings is 3. The third-order valence-corrected chi connectivity index (χ3v) is 7.10. The molecule has 0 unspecified atom stereocenters. The van der Waals surface area contributed by atoms with E-state index in [0.29, 0.717) is 12.3 Å². The van der Waals surface area contributed by atoms with Crippen molar-refractivity contribution in [1.82, 2.24) is 25.1 Å². The van der Waals surface area contributed by atoms with Crippen molar-refractivity contribution in [2.45, 2.75) is 13.5 Å². The summed E-state index contributed by atoms with van der Waals surface area (Å²) in [5.41, 5.74) is 6.74. The summed E-state index contributed by atoms with van der Waals surface area (Å²) in [6.07, 6.45) is 7.29. The molecule has 0 spiro atoms. The van der Waals surface area contributed by atoms with Crippen LogP contribution in [0, 0.1) is 6.92 Å². The van der Waals surface area contributed by atoms with Crippen LogP contribution in [0.2, 0.25) is 0 Å². The Morgan fingerprint density at radius 3 is 2.51 bits per heavy atom. The number of aromatic nitrogens is 5. The molecule has 7 aromatic rings. The third kappa shape index (κ3) is 4.61. The van der Waals surface area contributed by atoms with E-state index in [1.54, 1.807) is 24.5 Å². The van der Waals surface area contributed by atoms with E-state index in [9.17, 15) is 4.79 Å². The lowest BCUT2D eigenvalue weighted by molar-refractivity contribution is -0.519. The molecule has 7 rings (SSSR count). The minimum Gasteiger partial charge on any atom is -0.451 e. The van der Waals surface area contributed by atoms with E-state index >= 15 is 0 Å². The van der Waals surface area contributed by atoms with Gasteiger partial charge in [-0.3, -0.25) is 14.8 Å². The number of nitrogens with zero attached hydrogens (tertiary/aromatic N) is 5. The van der Waals surface area contributed by atoms with Crippen LogP contribution in [-0.2, 0) is 6.54 Å². The second-order valence-electron chi connectivity index (χ2n) is 9.74. The van der Waals surface area contributed by atoms with E-state index in [0.717, 1.165) is 50.3 Å². The van der Waals surface area contributed by atoms with Gasteiger partial charge in [0.15, 0.2) is 5.76 Å². The molecule has 0 saturated carbocycles. The van der Waals surface area contributed by atoms with Crippen LogP contribution >= 0.6 is 0 Å². The average Bonchev–Trinajstić information content (AvgIpc) is 3.66. The van der Waals surface area contributed by atoms with Crippen LogP contribution in [0.25, 0.3) is 44.7 Å². The maximum atomic E-state index is 12.7. The summed E-state index contributed by atoms with van der Waals surface area (Å²) in [7, 11) is 0. The summed E-state index contributed by atoms with van der Waals surface area (Å²) in [5, 5.41) is 8.80. The highest BCUT2D eigenvalue weighted by Crippen LogP contribution is 2.26. The van der Waals surface area contributed by atoms with Gasteiger partial charge in [0, 0.05) is 48.3 Å². The van der Waals surface area contributed by atoms with Gasteiger partial charge in [-0.2, -0.15) is 0 Å². The molecule has 198 valence electrons. The minimum atomic E-state index is -0.271. The number of carbonyl (C=O) groups is 1. The summed E-state index contributed by atoms with van der Waals surface area (Å²) < 4.78 is 9.78. The number of carbonyl (C=O) groups excluding carboxylic acids is 1. The fraction of sp³-hybridized carbons (Fsp3) is 0.0606. The molecular weight excluding hydrogens is 512 g/mol. The van der Waals surface area contributed by atoms with Gasteiger partial charge in [-0.1, -0.05) is 47.1 Å². The molecule has 1 amide bonds. The zero-order chi connectivity index (χ0) is 27.8. The second-order valence-corrected chi connectivity index (χ2v) is 9.74. The van der Waals surface area contributed by atoms with Crippen LogP contribution in [0.3, 0.4) is 0 Å². The number of hydrogen-bond donors (Lipinski definition) is 1. The van der Waals surface area contributed by atoms with Crippen LogP contribution in [0.15, 0.2) is 120 Å². The molecule has 8 nitrogen and oxygen atoms in total. The Labute approximate surface area is 235 Å². The second kappa shape index (κ2) is 10.2. The highest BCUT2D eigenvalue weighted by Gasteiger charge is 2.22. The molecule has 0 bridgehead atoms. The lowest BCUT2D eigenvalue weighted by Crippen LogP contribution is -2.23. The highest BCUT2D eigenvalue weighted by atomic mass is 16.3. The summed E-state index contributed by atoms with van der Waals surface area (Å²) in [6.45, 7) is 2.35. The lowest BCUT2D eigenvalue weighted by Gasteiger charge is -2.05. The molecular formula is C33H25N6O2+. The minimum absolute atomic E-state index is 0.263. The number of amides is 1. The van der Waals surface area contributed by atoms with Gasteiger partial charge in [0.05, 0.1) is 17.1 Å². The summed E-state index contributed by atoms with van der Waals surface area (Å²) in [4.78, 5) is 21.5. The van der Waals surface area contributed by atoms with Gasteiger partial charge in [-0.25, -0.2) is 4.40 Å². The monoisotopic (exact) mass is 537 g/mol. The third-order valence-electron chi connectivity index (χ3n) is 7.10. The van der Waals surface area contributed by atoms with E-state index in [1.807, 2.05) is 84.7 Å². The number of hydrogen-bond acceptors (Lipinski definition) is 5. The van der Waals surface area contributed by atoms with Crippen molar-refractivity contribution in [2.75, 3.05) is 0 Å². The van der Waals surface area contributed by atoms with Crippen LogP contribution in [-0.4, -0.2) is 25.7 Å². The maximum absolute atomic E-state index is 12.7. The smallest absolute Gasteiger partial charge is 0.287 e. The molecule has 41 heavy (non-hydrogen) atoms. The summed E-state index contributed by atoms with van der Waals surface area (Å²) in [5.74, 6) is 1.49. The summed E-state index contributed by atoms with van der Waals surface area (Å²) >= 11 is 0. The Kier molecular flexibility index (Phi) is 6.05. The quantitative estimate of drug-likeness (QED) is 0.274. The Morgan fingerprint density at radius 2 is 1.71 bits per heavy atom. The van der Waals surface area contributed by atoms with Gasteiger partial charge < -0.3 is 9.73 Å². The van der Waals surface area contributed by atoms with Crippen LogP contribution in [0.5, 0.6) is 0 Å². The van der Waals surface area contributed by atoms with Crippen molar-refractivity contribution in [3.05, 3.63) is 133 Å². The predicted molar refractivity (Wildman–Crippen MR) is 155 cm³/mol. The van der Waals surface area contributed by atoms with E-state index in [1.165, 1.54) is 0 Å². The SMILES string of the molecule is Cc1nn(-c2ccc(CNC(=O)c3ccc(-c4ccncc4)o3)cc2)c2c3cc(-c4ccccc4)cnc3cc[n+]12. The number of fused-ring (bicyclic) bond motifs is 3. The normalized spacial score (nSPS) is 11.2. The Hall–Kier alpha value is -5.63. The predicted octanol–water partition coefficient (Wildman–Crippen LogP) is 5.72. The van der Waals surface area contributed by atoms with Gasteiger partial charge in [-0.15, -0.1) is 0 Å². The fourth-order valence-electron chi connectivity index (χ4n) is 4.97. The molecule has 0 aliphatic carbocycles. The number of nitrogens with one attached hydrogen (secondary N) is 1. The van der Waals surface area contributed by atoms with Crippen LogP contribution < -0.4 is 9.72 Å². The molecule has 0 aliphatic rings. The van der Waals surface area contributed by atoms with Crippen molar-refractivity contribution in [2.24, 2.45) is 0 Å². The summed E-state index contributed by atoms with van der Waals surface area (Å²) in [6, 6.07) is 29.6. The van der Waals surface area contributed by atoms with E-state index in [4.69, 9.17) is 14.5 Å². The van der Waals surface area contributed by atoms with Gasteiger partial charge in [0.2, 0.25) is 0 Å². The first-order valence-electron chi connectivity index (χ1n) is 13.3. The molecule has 5 heterocycles.